The van der Waals surface area contributed by atoms with Crippen LogP contribution in [-0.4, -0.2) is 30.9 Å². The third kappa shape index (κ3) is 5.16. The number of primary amides is 1. The van der Waals surface area contributed by atoms with Crippen molar-refractivity contribution in [3.8, 4) is 0 Å². The molecule has 0 saturated carbocycles. The molecule has 0 radical (unpaired) electrons. The number of halogens is 2. The van der Waals surface area contributed by atoms with Crippen LogP contribution in [0.2, 0.25) is 5.02 Å². The second kappa shape index (κ2) is 10.9. The number of rotatable bonds is 6. The van der Waals surface area contributed by atoms with Crippen LogP contribution in [0.3, 0.4) is 0 Å². The van der Waals surface area contributed by atoms with Crippen molar-refractivity contribution in [2.75, 3.05) is 18.0 Å². The quantitative estimate of drug-likeness (QED) is 0.676. The fraction of sp³-hybridized carbons (Fsp3) is 0.417. The summed E-state index contributed by atoms with van der Waals surface area (Å²) < 4.78 is 0. The first kappa shape index (κ1) is 25.0. The van der Waals surface area contributed by atoms with Gasteiger partial charge in [0.2, 0.25) is 5.91 Å². The molecule has 0 unspecified atom stereocenters. The SMILES string of the molecule is CCNC(=O)c1ccc(N2CCc3c(cc(CC)c(CC)c3Cl)C[C@@H]2C(N)=O)cc1.Cl. The zero-order valence-electron chi connectivity index (χ0n) is 18.3. The summed E-state index contributed by atoms with van der Waals surface area (Å²) in [5.74, 6) is -0.464. The van der Waals surface area contributed by atoms with Crippen LogP contribution >= 0.6 is 24.0 Å². The molecule has 1 aliphatic heterocycles. The van der Waals surface area contributed by atoms with E-state index in [0.717, 1.165) is 41.1 Å². The minimum Gasteiger partial charge on any atom is -0.368 e. The first-order valence-corrected chi connectivity index (χ1v) is 11.0. The Hall–Kier alpha value is -2.24. The predicted octanol–water partition coefficient (Wildman–Crippen LogP) is 4.10. The van der Waals surface area contributed by atoms with Gasteiger partial charge in [-0.25, -0.2) is 0 Å². The van der Waals surface area contributed by atoms with Crippen LogP contribution in [0.1, 0.15) is 53.4 Å². The number of nitrogens with two attached hydrogens (primary N) is 1. The van der Waals surface area contributed by atoms with Crippen molar-refractivity contribution < 1.29 is 9.59 Å². The van der Waals surface area contributed by atoms with E-state index >= 15 is 0 Å². The first-order chi connectivity index (χ1) is 14.4. The molecular formula is C24H31Cl2N3O2. The van der Waals surface area contributed by atoms with Crippen LogP contribution < -0.4 is 16.0 Å². The van der Waals surface area contributed by atoms with E-state index in [-0.39, 0.29) is 24.2 Å². The molecule has 5 nitrogen and oxygen atoms in total. The third-order valence-electron chi connectivity index (χ3n) is 5.91. The molecule has 2 amide bonds. The van der Waals surface area contributed by atoms with Gasteiger partial charge >= 0.3 is 0 Å². The fourth-order valence-corrected chi connectivity index (χ4v) is 4.81. The minimum absolute atomic E-state index is 0. The van der Waals surface area contributed by atoms with Crippen molar-refractivity contribution in [3.05, 3.63) is 63.2 Å². The maximum atomic E-state index is 12.4. The number of hydrogen-bond donors (Lipinski definition) is 2. The zero-order valence-corrected chi connectivity index (χ0v) is 19.9. The molecule has 3 rings (SSSR count). The van der Waals surface area contributed by atoms with Crippen molar-refractivity contribution >= 4 is 41.5 Å². The second-order valence-corrected chi connectivity index (χ2v) is 8.02. The number of aryl methyl sites for hydroxylation is 1. The van der Waals surface area contributed by atoms with Crippen molar-refractivity contribution in [2.45, 2.75) is 52.5 Å². The molecule has 0 saturated heterocycles. The summed E-state index contributed by atoms with van der Waals surface area (Å²) >= 11 is 6.81. The Kier molecular flexibility index (Phi) is 8.78. The zero-order chi connectivity index (χ0) is 21.8. The van der Waals surface area contributed by atoms with E-state index < -0.39 is 6.04 Å². The highest BCUT2D eigenvalue weighted by atomic mass is 35.5. The Morgan fingerprint density at radius 1 is 1.16 bits per heavy atom. The average molecular weight is 464 g/mol. The highest BCUT2D eigenvalue weighted by Gasteiger charge is 2.30. The van der Waals surface area contributed by atoms with Crippen LogP contribution in [0.25, 0.3) is 0 Å². The summed E-state index contributed by atoms with van der Waals surface area (Å²) in [4.78, 5) is 26.5. The predicted molar refractivity (Wildman–Crippen MR) is 130 cm³/mol. The van der Waals surface area contributed by atoms with Crippen LogP contribution in [0.5, 0.6) is 0 Å². The molecule has 1 aliphatic rings. The van der Waals surface area contributed by atoms with Crippen molar-refractivity contribution in [3.63, 3.8) is 0 Å². The smallest absolute Gasteiger partial charge is 0.251 e. The van der Waals surface area contributed by atoms with Gasteiger partial charge in [-0.2, -0.15) is 0 Å². The average Bonchev–Trinajstić information content (AvgIpc) is 2.94. The lowest BCUT2D eigenvalue weighted by Gasteiger charge is -2.30. The summed E-state index contributed by atoms with van der Waals surface area (Å²) in [5, 5.41) is 3.63. The molecule has 2 aromatic carbocycles. The first-order valence-electron chi connectivity index (χ1n) is 10.7. The lowest BCUT2D eigenvalue weighted by atomic mass is 9.91. The number of carbonyl (C=O) groups excluding carboxylic acids is 2. The maximum absolute atomic E-state index is 12.4. The topological polar surface area (TPSA) is 75.4 Å². The summed E-state index contributed by atoms with van der Waals surface area (Å²) in [6, 6.07) is 9.08. The number of nitrogens with one attached hydrogen (secondary N) is 1. The minimum atomic E-state index is -0.463. The number of fused-ring (bicyclic) bond motifs is 1. The monoisotopic (exact) mass is 463 g/mol. The molecule has 1 heterocycles. The summed E-state index contributed by atoms with van der Waals surface area (Å²) in [6.45, 7) is 7.35. The van der Waals surface area contributed by atoms with E-state index in [1.54, 1.807) is 12.1 Å². The number of hydrogen-bond acceptors (Lipinski definition) is 3. The standard InChI is InChI=1S/C24H30ClN3O2.ClH/c1-4-15-13-17-14-21(23(26)29)28(12-11-20(17)22(25)19(15)5-2)18-9-7-16(8-10-18)24(30)27-6-3;/h7-10,13,21H,4-6,11-12,14H2,1-3H3,(H2,26,29)(H,27,30);1H/t21-;/m1./s1. The van der Waals surface area contributed by atoms with Gasteiger partial charge < -0.3 is 16.0 Å². The van der Waals surface area contributed by atoms with E-state index in [9.17, 15) is 9.59 Å². The van der Waals surface area contributed by atoms with Gasteiger partial charge in [-0.05, 0) is 72.7 Å². The molecule has 0 spiro atoms. The number of amides is 2. The molecule has 3 N–H and O–H groups in total. The molecule has 1 atom stereocenters. The van der Waals surface area contributed by atoms with Gasteiger partial charge in [0.1, 0.15) is 6.04 Å². The van der Waals surface area contributed by atoms with E-state index in [2.05, 4.69) is 25.2 Å². The van der Waals surface area contributed by atoms with E-state index in [0.29, 0.717) is 25.1 Å². The van der Waals surface area contributed by atoms with Gasteiger partial charge in [0.15, 0.2) is 0 Å². The number of carbonyl (C=O) groups is 2. The Balaban J connectivity index is 0.00000341. The molecule has 0 fully saturated rings. The Labute approximate surface area is 195 Å². The van der Waals surface area contributed by atoms with Crippen molar-refractivity contribution in [1.29, 1.82) is 0 Å². The Morgan fingerprint density at radius 3 is 2.39 bits per heavy atom. The second-order valence-electron chi connectivity index (χ2n) is 7.65. The lowest BCUT2D eigenvalue weighted by molar-refractivity contribution is -0.119. The van der Waals surface area contributed by atoms with Gasteiger partial charge in [0, 0.05) is 35.8 Å². The van der Waals surface area contributed by atoms with Gasteiger partial charge in [-0.3, -0.25) is 9.59 Å². The van der Waals surface area contributed by atoms with E-state index in [4.69, 9.17) is 17.3 Å². The fourth-order valence-electron chi connectivity index (χ4n) is 4.34. The number of nitrogens with zero attached hydrogens (tertiary/aromatic N) is 1. The number of benzene rings is 2. The van der Waals surface area contributed by atoms with Gasteiger partial charge in [-0.15, -0.1) is 12.4 Å². The summed E-state index contributed by atoms with van der Waals surface area (Å²) in [7, 11) is 0. The van der Waals surface area contributed by atoms with Crippen LogP contribution in [0.4, 0.5) is 5.69 Å². The van der Waals surface area contributed by atoms with Crippen LogP contribution in [0, 0.1) is 0 Å². The normalized spacial score (nSPS) is 15.5. The lowest BCUT2D eigenvalue weighted by Crippen LogP contribution is -2.46. The largest absolute Gasteiger partial charge is 0.368 e. The number of anilines is 1. The van der Waals surface area contributed by atoms with Crippen molar-refractivity contribution in [2.24, 2.45) is 5.73 Å². The molecular weight excluding hydrogens is 433 g/mol. The molecule has 31 heavy (non-hydrogen) atoms. The Bertz CT molecular complexity index is 945. The Morgan fingerprint density at radius 2 is 1.84 bits per heavy atom. The van der Waals surface area contributed by atoms with Crippen LogP contribution in [-0.2, 0) is 30.5 Å². The molecule has 7 heteroatoms. The summed E-state index contributed by atoms with van der Waals surface area (Å²) in [5.41, 5.74) is 12.0. The highest BCUT2D eigenvalue weighted by molar-refractivity contribution is 6.32. The molecule has 0 aliphatic carbocycles. The molecule has 0 bridgehead atoms. The molecule has 2 aromatic rings. The maximum Gasteiger partial charge on any atom is 0.251 e. The highest BCUT2D eigenvalue weighted by Crippen LogP contribution is 2.34. The third-order valence-corrected chi connectivity index (χ3v) is 6.36. The summed E-state index contributed by atoms with van der Waals surface area (Å²) in [6.07, 6.45) is 3.06. The van der Waals surface area contributed by atoms with Gasteiger partial charge in [0.25, 0.3) is 5.91 Å². The van der Waals surface area contributed by atoms with Crippen molar-refractivity contribution in [1.82, 2.24) is 5.32 Å². The van der Waals surface area contributed by atoms with E-state index in [1.165, 1.54) is 11.1 Å². The van der Waals surface area contributed by atoms with Gasteiger partial charge in [0.05, 0.1) is 0 Å². The van der Waals surface area contributed by atoms with Gasteiger partial charge in [-0.1, -0.05) is 31.5 Å². The molecule has 0 aromatic heterocycles. The van der Waals surface area contributed by atoms with Crippen LogP contribution in [0.15, 0.2) is 30.3 Å². The van der Waals surface area contributed by atoms with E-state index in [1.807, 2.05) is 24.0 Å². The molecule has 168 valence electrons.